The van der Waals surface area contributed by atoms with E-state index >= 15 is 0 Å². The van der Waals surface area contributed by atoms with Gasteiger partial charge in [-0.3, -0.25) is 0 Å². The van der Waals surface area contributed by atoms with E-state index in [0.717, 1.165) is 18.8 Å². The fourth-order valence-electron chi connectivity index (χ4n) is 2.11. The fourth-order valence-corrected chi connectivity index (χ4v) is 2.11. The second-order valence-corrected chi connectivity index (χ2v) is 6.01. The molecule has 0 spiro atoms. The number of rotatable bonds is 6. The van der Waals surface area contributed by atoms with Crippen molar-refractivity contribution in [3.63, 3.8) is 0 Å². The summed E-state index contributed by atoms with van der Waals surface area (Å²) < 4.78 is 6.24. The molecule has 1 aromatic carbocycles. The summed E-state index contributed by atoms with van der Waals surface area (Å²) in [5.74, 6) is 1.75. The summed E-state index contributed by atoms with van der Waals surface area (Å²) in [5, 5.41) is 3.52. The summed E-state index contributed by atoms with van der Waals surface area (Å²) in [4.78, 5) is 0. The molecule has 18 heavy (non-hydrogen) atoms. The summed E-state index contributed by atoms with van der Waals surface area (Å²) >= 11 is 0. The Morgan fingerprint density at radius 2 is 2.00 bits per heavy atom. The van der Waals surface area contributed by atoms with E-state index in [1.54, 1.807) is 0 Å². The van der Waals surface area contributed by atoms with E-state index in [2.05, 4.69) is 51.2 Å². The summed E-state index contributed by atoms with van der Waals surface area (Å²) in [7, 11) is 0. The van der Waals surface area contributed by atoms with Crippen LogP contribution in [0.25, 0.3) is 0 Å². The van der Waals surface area contributed by atoms with Gasteiger partial charge in [-0.05, 0) is 56.3 Å². The predicted molar refractivity (Wildman–Crippen MR) is 76.2 cm³/mol. The van der Waals surface area contributed by atoms with Crippen molar-refractivity contribution in [3.8, 4) is 5.75 Å². The second-order valence-electron chi connectivity index (χ2n) is 6.01. The van der Waals surface area contributed by atoms with Crippen LogP contribution in [0, 0.1) is 19.8 Å². The molecule has 0 atom stereocenters. The lowest BCUT2D eigenvalue weighted by molar-refractivity contribution is 0.173. The molecule has 1 aliphatic rings. The normalized spacial score (nSPS) is 16.9. The van der Waals surface area contributed by atoms with E-state index < -0.39 is 0 Å². The number of benzene rings is 1. The van der Waals surface area contributed by atoms with Crippen molar-refractivity contribution in [2.45, 2.75) is 46.1 Å². The topological polar surface area (TPSA) is 21.3 Å². The number of aryl methyl sites for hydroxylation is 1. The van der Waals surface area contributed by atoms with Crippen LogP contribution in [0.4, 0.5) is 0 Å². The van der Waals surface area contributed by atoms with Crippen LogP contribution in [-0.2, 0) is 0 Å². The Morgan fingerprint density at radius 1 is 1.28 bits per heavy atom. The highest BCUT2D eigenvalue weighted by Gasteiger charge is 2.45. The summed E-state index contributed by atoms with van der Waals surface area (Å²) in [6.45, 7) is 10.8. The zero-order chi connectivity index (χ0) is 13.2. The molecule has 2 heteroatoms. The highest BCUT2D eigenvalue weighted by Crippen LogP contribution is 2.40. The molecule has 0 bridgehead atoms. The lowest BCUT2D eigenvalue weighted by Crippen LogP contribution is -2.35. The maximum absolute atomic E-state index is 6.24. The first-order valence-electron chi connectivity index (χ1n) is 6.98. The van der Waals surface area contributed by atoms with Crippen molar-refractivity contribution in [3.05, 3.63) is 29.3 Å². The summed E-state index contributed by atoms with van der Waals surface area (Å²) in [6.07, 6.45) is 2.34. The molecule has 0 aromatic heterocycles. The molecule has 2 nitrogen and oxygen atoms in total. The van der Waals surface area contributed by atoms with Gasteiger partial charge in [0.2, 0.25) is 0 Å². The number of hydrogen-bond acceptors (Lipinski definition) is 2. The molecule has 1 fully saturated rings. The minimum Gasteiger partial charge on any atom is -0.486 e. The Morgan fingerprint density at radius 3 is 2.61 bits per heavy atom. The summed E-state index contributed by atoms with van der Waals surface area (Å²) in [5.41, 5.74) is 2.64. The van der Waals surface area contributed by atoms with Gasteiger partial charge in [-0.1, -0.05) is 26.0 Å². The van der Waals surface area contributed by atoms with E-state index in [-0.39, 0.29) is 5.60 Å². The van der Waals surface area contributed by atoms with Crippen molar-refractivity contribution in [1.82, 2.24) is 5.32 Å². The van der Waals surface area contributed by atoms with Crippen LogP contribution in [0.3, 0.4) is 0 Å². The molecule has 0 unspecified atom stereocenters. The van der Waals surface area contributed by atoms with Gasteiger partial charge >= 0.3 is 0 Å². The van der Waals surface area contributed by atoms with E-state index in [1.165, 1.54) is 24.0 Å². The molecule has 0 radical (unpaired) electrons. The molecule has 0 aliphatic heterocycles. The molecule has 1 N–H and O–H groups in total. The molecule has 100 valence electrons. The van der Waals surface area contributed by atoms with Gasteiger partial charge in [-0.2, -0.15) is 0 Å². The Labute approximate surface area is 111 Å². The van der Waals surface area contributed by atoms with Gasteiger partial charge in [0.05, 0.1) is 0 Å². The van der Waals surface area contributed by atoms with Crippen LogP contribution in [0.1, 0.15) is 37.8 Å². The monoisotopic (exact) mass is 247 g/mol. The van der Waals surface area contributed by atoms with Crippen LogP contribution in [0.15, 0.2) is 18.2 Å². The Balaban J connectivity index is 1.94. The smallest absolute Gasteiger partial charge is 0.123 e. The first kappa shape index (κ1) is 13.4. The zero-order valence-corrected chi connectivity index (χ0v) is 12.0. The Kier molecular flexibility index (Phi) is 3.96. The zero-order valence-electron chi connectivity index (χ0n) is 12.0. The highest BCUT2D eigenvalue weighted by atomic mass is 16.5. The van der Waals surface area contributed by atoms with Gasteiger partial charge in [0.1, 0.15) is 11.4 Å². The molecule has 1 saturated carbocycles. The van der Waals surface area contributed by atoms with Gasteiger partial charge in [0, 0.05) is 6.54 Å². The SMILES string of the molecule is Cc1cccc(OC2(CNCC(C)C)CC2)c1C. The third-order valence-electron chi connectivity index (χ3n) is 3.69. The first-order chi connectivity index (χ1) is 8.52. The van der Waals surface area contributed by atoms with Crippen molar-refractivity contribution < 1.29 is 4.74 Å². The Hall–Kier alpha value is -1.02. The van der Waals surface area contributed by atoms with Gasteiger partial charge < -0.3 is 10.1 Å². The highest BCUT2D eigenvalue weighted by molar-refractivity contribution is 5.39. The molecule has 2 rings (SSSR count). The van der Waals surface area contributed by atoms with Crippen molar-refractivity contribution in [1.29, 1.82) is 0 Å². The number of hydrogen-bond donors (Lipinski definition) is 1. The van der Waals surface area contributed by atoms with Crippen LogP contribution >= 0.6 is 0 Å². The molecule has 0 heterocycles. The van der Waals surface area contributed by atoms with Gasteiger partial charge in [-0.25, -0.2) is 0 Å². The quantitative estimate of drug-likeness (QED) is 0.831. The average Bonchev–Trinajstić information content (AvgIpc) is 3.05. The van der Waals surface area contributed by atoms with Gasteiger partial charge in [-0.15, -0.1) is 0 Å². The standard InChI is InChI=1S/C16H25NO/c1-12(2)10-17-11-16(8-9-16)18-15-7-5-6-13(3)14(15)4/h5-7,12,17H,8-11H2,1-4H3. The molecule has 0 amide bonds. The van der Waals surface area contributed by atoms with Crippen molar-refractivity contribution in [2.24, 2.45) is 5.92 Å². The maximum Gasteiger partial charge on any atom is 0.123 e. The van der Waals surface area contributed by atoms with Crippen molar-refractivity contribution >= 4 is 0 Å². The van der Waals surface area contributed by atoms with E-state index in [4.69, 9.17) is 4.74 Å². The lowest BCUT2D eigenvalue weighted by Gasteiger charge is -2.21. The van der Waals surface area contributed by atoms with E-state index in [0.29, 0.717) is 5.92 Å². The van der Waals surface area contributed by atoms with Crippen LogP contribution in [0.2, 0.25) is 0 Å². The predicted octanol–water partition coefficient (Wildman–Crippen LogP) is 3.46. The van der Waals surface area contributed by atoms with Crippen LogP contribution < -0.4 is 10.1 Å². The minimum atomic E-state index is 0.0629. The second kappa shape index (κ2) is 5.31. The van der Waals surface area contributed by atoms with Gasteiger partial charge in [0.15, 0.2) is 0 Å². The maximum atomic E-state index is 6.24. The summed E-state index contributed by atoms with van der Waals surface area (Å²) in [6, 6.07) is 6.30. The largest absolute Gasteiger partial charge is 0.486 e. The molecular formula is C16H25NO. The van der Waals surface area contributed by atoms with E-state index in [1.807, 2.05) is 0 Å². The van der Waals surface area contributed by atoms with Crippen LogP contribution in [-0.4, -0.2) is 18.7 Å². The average molecular weight is 247 g/mol. The third kappa shape index (κ3) is 3.26. The minimum absolute atomic E-state index is 0.0629. The third-order valence-corrected chi connectivity index (χ3v) is 3.69. The number of ether oxygens (including phenoxy) is 1. The fraction of sp³-hybridized carbons (Fsp3) is 0.625. The molecule has 1 aliphatic carbocycles. The van der Waals surface area contributed by atoms with Gasteiger partial charge in [0.25, 0.3) is 0 Å². The molecule has 0 saturated heterocycles. The molecule has 1 aromatic rings. The number of nitrogens with one attached hydrogen (secondary N) is 1. The first-order valence-corrected chi connectivity index (χ1v) is 6.98. The Bertz CT molecular complexity index is 408. The van der Waals surface area contributed by atoms with E-state index in [9.17, 15) is 0 Å². The van der Waals surface area contributed by atoms with Crippen LogP contribution in [0.5, 0.6) is 5.75 Å². The lowest BCUT2D eigenvalue weighted by atomic mass is 10.1. The molecular weight excluding hydrogens is 222 g/mol. The van der Waals surface area contributed by atoms with Crippen molar-refractivity contribution in [2.75, 3.05) is 13.1 Å².